The van der Waals surface area contributed by atoms with Crippen molar-refractivity contribution >= 4 is 11.9 Å². The van der Waals surface area contributed by atoms with Crippen LogP contribution in [0, 0.1) is 11.8 Å². The van der Waals surface area contributed by atoms with Crippen molar-refractivity contribution in [3.63, 3.8) is 0 Å². The Balaban J connectivity index is 0. The molecular weight excluding hydrogens is 243 g/mol. The number of carbonyl (C=O) groups is 2. The average molecular weight is 255 g/mol. The third-order valence-corrected chi connectivity index (χ3v) is 0.915. The summed E-state index contributed by atoms with van der Waals surface area (Å²) in [5, 5.41) is 7.12. The number of hydrogen-bond donors (Lipinski definition) is 2. The molecule has 0 aliphatic heterocycles. The van der Waals surface area contributed by atoms with Gasteiger partial charge in [0.1, 0.15) is 0 Å². The number of hydrogen-bond acceptors (Lipinski definition) is 4. The maximum Gasteiger partial charge on any atom is 0.490 e. The second-order valence-corrected chi connectivity index (χ2v) is 3.27. The first-order chi connectivity index (χ1) is 7.40. The minimum Gasteiger partial charge on any atom is -0.475 e. The molecule has 17 heavy (non-hydrogen) atoms. The number of esters is 1. The Labute approximate surface area is 95.7 Å². The normalized spacial score (nSPS) is 10.3. The van der Waals surface area contributed by atoms with E-state index in [2.05, 4.69) is 16.6 Å². The monoisotopic (exact) mass is 255 g/mol. The fraction of sp³-hybridized carbons (Fsp3) is 0.556. The third-order valence-electron chi connectivity index (χ3n) is 0.915. The van der Waals surface area contributed by atoms with Crippen LogP contribution in [0.3, 0.4) is 0 Å². The standard InChI is InChI=1S/C7H11NO2.C2HF3O2/c1-7(2,8)5-4-6(9)10-3;3-2(4,5)1(6)7/h8H2,1-3H3;(H,6,7). The molecule has 0 radical (unpaired) electrons. The van der Waals surface area contributed by atoms with Crippen LogP contribution in [-0.4, -0.2) is 35.9 Å². The van der Waals surface area contributed by atoms with Crippen LogP contribution in [0.2, 0.25) is 0 Å². The van der Waals surface area contributed by atoms with Gasteiger partial charge in [0.25, 0.3) is 0 Å². The van der Waals surface area contributed by atoms with Crippen LogP contribution in [0.15, 0.2) is 0 Å². The summed E-state index contributed by atoms with van der Waals surface area (Å²) in [7, 11) is 1.28. The van der Waals surface area contributed by atoms with Crippen LogP contribution >= 0.6 is 0 Å². The summed E-state index contributed by atoms with van der Waals surface area (Å²) in [6.45, 7) is 3.42. The molecule has 0 spiro atoms. The molecule has 0 saturated carbocycles. The van der Waals surface area contributed by atoms with Crippen molar-refractivity contribution in [1.82, 2.24) is 0 Å². The van der Waals surface area contributed by atoms with Crippen molar-refractivity contribution < 1.29 is 32.6 Å². The number of carboxylic acids is 1. The quantitative estimate of drug-likeness (QED) is 0.374. The zero-order chi connectivity index (χ0) is 14.3. The molecule has 3 N–H and O–H groups in total. The predicted molar refractivity (Wildman–Crippen MR) is 51.7 cm³/mol. The molecule has 98 valence electrons. The highest BCUT2D eigenvalue weighted by atomic mass is 19.4. The number of alkyl halides is 3. The number of halogens is 3. The Kier molecular flexibility index (Phi) is 7.00. The minimum absolute atomic E-state index is 0.557. The van der Waals surface area contributed by atoms with Gasteiger partial charge in [0.2, 0.25) is 0 Å². The first-order valence-corrected chi connectivity index (χ1v) is 4.10. The SMILES string of the molecule is COC(=O)C#CC(C)(C)N.O=C(O)C(F)(F)F. The molecule has 0 unspecified atom stereocenters. The Hall–Kier alpha value is -1.75. The number of ether oxygens (including phenoxy) is 1. The van der Waals surface area contributed by atoms with Crippen LogP contribution in [0.25, 0.3) is 0 Å². The van der Waals surface area contributed by atoms with Gasteiger partial charge in [-0.2, -0.15) is 13.2 Å². The topological polar surface area (TPSA) is 89.6 Å². The summed E-state index contributed by atoms with van der Waals surface area (Å²) < 4.78 is 36.0. The summed E-state index contributed by atoms with van der Waals surface area (Å²) >= 11 is 0. The van der Waals surface area contributed by atoms with Gasteiger partial charge in [0, 0.05) is 5.92 Å². The molecule has 0 heterocycles. The maximum atomic E-state index is 10.6. The van der Waals surface area contributed by atoms with Gasteiger partial charge in [-0.15, -0.1) is 0 Å². The smallest absolute Gasteiger partial charge is 0.475 e. The molecule has 0 rings (SSSR count). The van der Waals surface area contributed by atoms with Crippen LogP contribution in [0.4, 0.5) is 13.2 Å². The molecule has 0 aromatic carbocycles. The van der Waals surface area contributed by atoms with E-state index < -0.39 is 23.7 Å². The molecule has 0 atom stereocenters. The summed E-state index contributed by atoms with van der Waals surface area (Å²) in [6, 6.07) is 0. The second-order valence-electron chi connectivity index (χ2n) is 3.27. The van der Waals surface area contributed by atoms with Crippen LogP contribution in [0.1, 0.15) is 13.8 Å². The lowest BCUT2D eigenvalue weighted by atomic mass is 10.1. The summed E-state index contributed by atoms with van der Waals surface area (Å²) in [6.07, 6.45) is -5.08. The highest BCUT2D eigenvalue weighted by Crippen LogP contribution is 2.13. The van der Waals surface area contributed by atoms with E-state index in [1.807, 2.05) is 0 Å². The lowest BCUT2D eigenvalue weighted by Crippen LogP contribution is -2.29. The van der Waals surface area contributed by atoms with E-state index in [1.165, 1.54) is 7.11 Å². The van der Waals surface area contributed by atoms with Crippen molar-refractivity contribution in [2.75, 3.05) is 7.11 Å². The molecule has 8 heteroatoms. The number of aliphatic carboxylic acids is 1. The number of carboxylic acid groups (broad SMARTS) is 1. The van der Waals surface area contributed by atoms with Crippen molar-refractivity contribution in [1.29, 1.82) is 0 Å². The van der Waals surface area contributed by atoms with E-state index in [-0.39, 0.29) is 0 Å². The van der Waals surface area contributed by atoms with Crippen molar-refractivity contribution in [2.24, 2.45) is 5.73 Å². The van der Waals surface area contributed by atoms with E-state index in [0.717, 1.165) is 0 Å². The highest BCUT2D eigenvalue weighted by Gasteiger charge is 2.38. The number of carbonyl (C=O) groups excluding carboxylic acids is 1. The zero-order valence-corrected chi connectivity index (χ0v) is 9.38. The van der Waals surface area contributed by atoms with E-state index in [9.17, 15) is 18.0 Å². The average Bonchev–Trinajstić information content (AvgIpc) is 2.12. The molecule has 0 bridgehead atoms. The molecule has 0 saturated heterocycles. The first kappa shape index (κ1) is 17.6. The molecule has 0 fully saturated rings. The molecule has 0 aliphatic rings. The molecule has 0 aromatic rings. The molecule has 5 nitrogen and oxygen atoms in total. The van der Waals surface area contributed by atoms with E-state index in [4.69, 9.17) is 15.6 Å². The van der Waals surface area contributed by atoms with Gasteiger partial charge in [0.05, 0.1) is 12.6 Å². The Morgan fingerprint density at radius 2 is 1.65 bits per heavy atom. The predicted octanol–water partition coefficient (Wildman–Crippen LogP) is 0.533. The Morgan fingerprint density at radius 3 is 1.82 bits per heavy atom. The number of methoxy groups -OCH3 is 1. The highest BCUT2D eigenvalue weighted by molar-refractivity contribution is 5.88. The number of nitrogens with two attached hydrogens (primary N) is 1. The maximum absolute atomic E-state index is 10.6. The van der Waals surface area contributed by atoms with Crippen LogP contribution in [-0.2, 0) is 14.3 Å². The lowest BCUT2D eigenvalue weighted by Gasteiger charge is -2.06. The molecule has 0 amide bonds. The van der Waals surface area contributed by atoms with Crippen molar-refractivity contribution in [3.05, 3.63) is 0 Å². The molecular formula is C9H12F3NO4. The largest absolute Gasteiger partial charge is 0.490 e. The van der Waals surface area contributed by atoms with Crippen LogP contribution < -0.4 is 5.73 Å². The van der Waals surface area contributed by atoms with Gasteiger partial charge in [-0.3, -0.25) is 0 Å². The fourth-order valence-corrected chi connectivity index (χ4v) is 0.263. The van der Waals surface area contributed by atoms with Crippen molar-refractivity contribution in [2.45, 2.75) is 25.6 Å². The first-order valence-electron chi connectivity index (χ1n) is 4.10. The zero-order valence-electron chi connectivity index (χ0n) is 9.38. The minimum atomic E-state index is -5.08. The summed E-state index contributed by atoms with van der Waals surface area (Å²) in [5.41, 5.74) is 4.83. The summed E-state index contributed by atoms with van der Waals surface area (Å²) in [5.74, 6) is 1.45. The van der Waals surface area contributed by atoms with Gasteiger partial charge in [-0.1, -0.05) is 5.92 Å². The fourth-order valence-electron chi connectivity index (χ4n) is 0.263. The van der Waals surface area contributed by atoms with Gasteiger partial charge in [0.15, 0.2) is 0 Å². The second kappa shape index (κ2) is 6.75. The van der Waals surface area contributed by atoms with Gasteiger partial charge in [-0.05, 0) is 13.8 Å². The van der Waals surface area contributed by atoms with E-state index in [0.29, 0.717) is 0 Å². The van der Waals surface area contributed by atoms with Gasteiger partial charge in [-0.25, -0.2) is 9.59 Å². The molecule has 0 aromatic heterocycles. The Bertz CT molecular complexity index is 333. The Morgan fingerprint density at radius 1 is 1.29 bits per heavy atom. The third kappa shape index (κ3) is 14.2. The van der Waals surface area contributed by atoms with Gasteiger partial charge < -0.3 is 15.6 Å². The summed E-state index contributed by atoms with van der Waals surface area (Å²) in [4.78, 5) is 19.3. The van der Waals surface area contributed by atoms with Crippen LogP contribution in [0.5, 0.6) is 0 Å². The van der Waals surface area contributed by atoms with Gasteiger partial charge >= 0.3 is 18.1 Å². The van der Waals surface area contributed by atoms with E-state index >= 15 is 0 Å². The van der Waals surface area contributed by atoms with Crippen molar-refractivity contribution in [3.8, 4) is 11.8 Å². The number of rotatable bonds is 0. The van der Waals surface area contributed by atoms with E-state index in [1.54, 1.807) is 13.8 Å². The lowest BCUT2D eigenvalue weighted by molar-refractivity contribution is -0.192. The molecule has 0 aliphatic carbocycles.